The van der Waals surface area contributed by atoms with Gasteiger partial charge in [0.2, 0.25) is 0 Å². The van der Waals surface area contributed by atoms with Crippen LogP contribution in [-0.4, -0.2) is 23.9 Å². The number of nitrogens with one attached hydrogen (secondary N) is 1. The predicted octanol–water partition coefficient (Wildman–Crippen LogP) is 2.92. The molecule has 3 nitrogen and oxygen atoms in total. The average molecular weight is 265 g/mol. The molecule has 1 fully saturated rings. The largest absolute Gasteiger partial charge is 0.481 e. The highest BCUT2D eigenvalue weighted by Crippen LogP contribution is 2.55. The molecule has 1 aliphatic carbocycles. The molecule has 1 aromatic rings. The second-order valence-electron chi connectivity index (χ2n) is 4.69. The van der Waals surface area contributed by atoms with Gasteiger partial charge >= 0.3 is 5.97 Å². The topological polar surface area (TPSA) is 49.3 Å². The maximum atomic E-state index is 11.4. The monoisotopic (exact) mass is 265 g/mol. The fourth-order valence-corrected chi connectivity index (χ4v) is 3.11. The Kier molecular flexibility index (Phi) is 3.97. The van der Waals surface area contributed by atoms with E-state index in [1.165, 1.54) is 4.90 Å². The molecule has 2 N–H and O–H groups in total. The number of carbonyl (C=O) groups is 1. The number of carboxylic acid groups (broad SMARTS) is 1. The second-order valence-corrected chi connectivity index (χ2v) is 6.02. The number of rotatable bonds is 6. The molecule has 1 aromatic carbocycles. The van der Waals surface area contributed by atoms with Crippen molar-refractivity contribution in [3.05, 3.63) is 29.8 Å². The van der Waals surface area contributed by atoms with E-state index in [1.807, 2.05) is 19.2 Å². The van der Waals surface area contributed by atoms with Gasteiger partial charge in [-0.15, -0.1) is 11.8 Å². The van der Waals surface area contributed by atoms with Crippen LogP contribution in [0.2, 0.25) is 0 Å². The van der Waals surface area contributed by atoms with Crippen LogP contribution in [0.15, 0.2) is 29.2 Å². The van der Waals surface area contributed by atoms with Crippen LogP contribution in [0.25, 0.3) is 0 Å². The Morgan fingerprint density at radius 1 is 1.44 bits per heavy atom. The Labute approximate surface area is 112 Å². The molecule has 0 aliphatic heterocycles. The molecule has 0 spiro atoms. The summed E-state index contributed by atoms with van der Waals surface area (Å²) in [6.07, 6.45) is 1.53. The summed E-state index contributed by atoms with van der Waals surface area (Å²) in [5.74, 6) is 0.363. The van der Waals surface area contributed by atoms with Gasteiger partial charge in [0.15, 0.2) is 0 Å². The normalized spacial score (nSPS) is 18.3. The Balaban J connectivity index is 2.20. The van der Waals surface area contributed by atoms with Crippen LogP contribution in [0.1, 0.15) is 31.4 Å². The van der Waals surface area contributed by atoms with E-state index in [9.17, 15) is 9.90 Å². The van der Waals surface area contributed by atoms with Gasteiger partial charge in [-0.25, -0.2) is 0 Å². The summed E-state index contributed by atoms with van der Waals surface area (Å²) in [5.41, 5.74) is 0.478. The predicted molar refractivity (Wildman–Crippen MR) is 73.9 cm³/mol. The van der Waals surface area contributed by atoms with Crippen molar-refractivity contribution in [3.63, 3.8) is 0 Å². The van der Waals surface area contributed by atoms with E-state index in [1.54, 1.807) is 11.8 Å². The first-order valence-electron chi connectivity index (χ1n) is 6.27. The Hall–Kier alpha value is -1.00. The van der Waals surface area contributed by atoms with Gasteiger partial charge < -0.3 is 10.4 Å². The summed E-state index contributed by atoms with van der Waals surface area (Å²) in [7, 11) is 1.84. The minimum absolute atomic E-state index is 0.0873. The molecule has 0 amide bonds. The van der Waals surface area contributed by atoms with E-state index in [0.29, 0.717) is 0 Å². The van der Waals surface area contributed by atoms with Crippen LogP contribution in [0.5, 0.6) is 0 Å². The molecule has 1 aliphatic rings. The molecule has 0 bridgehead atoms. The zero-order valence-electron chi connectivity index (χ0n) is 10.8. The number of hydrogen-bond acceptors (Lipinski definition) is 3. The van der Waals surface area contributed by atoms with Crippen LogP contribution in [-0.2, 0) is 4.79 Å². The summed E-state index contributed by atoms with van der Waals surface area (Å²) in [5, 5.41) is 12.5. The molecule has 1 saturated carbocycles. The first kappa shape index (κ1) is 13.4. The molecule has 18 heavy (non-hydrogen) atoms. The number of carboxylic acids is 1. The van der Waals surface area contributed by atoms with Gasteiger partial charge in [-0.3, -0.25) is 4.79 Å². The lowest BCUT2D eigenvalue weighted by Gasteiger charge is -2.23. The molecule has 0 aromatic heterocycles. The lowest BCUT2D eigenvalue weighted by atomic mass is 9.90. The summed E-state index contributed by atoms with van der Waals surface area (Å²) in [6.45, 7) is 2.12. The standard InChI is InChI=1S/C14H19NO2S/c1-3-18-11-6-4-10(5-7-11)12(15-2)14(8-9-14)13(16)17/h4-7,12,15H,3,8-9H2,1-2H3,(H,16,17). The van der Waals surface area contributed by atoms with Gasteiger partial charge in [0.25, 0.3) is 0 Å². The van der Waals surface area contributed by atoms with E-state index in [2.05, 4.69) is 24.4 Å². The highest BCUT2D eigenvalue weighted by atomic mass is 32.2. The van der Waals surface area contributed by atoms with Crippen molar-refractivity contribution in [3.8, 4) is 0 Å². The third kappa shape index (κ3) is 2.40. The quantitative estimate of drug-likeness (QED) is 0.776. The summed E-state index contributed by atoms with van der Waals surface area (Å²) < 4.78 is 0. The molecule has 4 heteroatoms. The van der Waals surface area contributed by atoms with Crippen molar-refractivity contribution in [2.45, 2.75) is 30.7 Å². The van der Waals surface area contributed by atoms with Crippen molar-refractivity contribution in [2.24, 2.45) is 5.41 Å². The first-order valence-corrected chi connectivity index (χ1v) is 7.26. The lowest BCUT2D eigenvalue weighted by Crippen LogP contribution is -2.32. The number of aliphatic carboxylic acids is 1. The molecule has 1 unspecified atom stereocenters. The Morgan fingerprint density at radius 2 is 2.06 bits per heavy atom. The van der Waals surface area contributed by atoms with Gasteiger partial charge in [-0.05, 0) is 43.3 Å². The first-order chi connectivity index (χ1) is 8.64. The Bertz CT molecular complexity index is 426. The zero-order chi connectivity index (χ0) is 13.2. The fourth-order valence-electron chi connectivity index (χ4n) is 2.45. The van der Waals surface area contributed by atoms with Crippen molar-refractivity contribution in [1.82, 2.24) is 5.32 Å². The van der Waals surface area contributed by atoms with Crippen molar-refractivity contribution in [2.75, 3.05) is 12.8 Å². The minimum Gasteiger partial charge on any atom is -0.481 e. The van der Waals surface area contributed by atoms with Crippen LogP contribution < -0.4 is 5.32 Å². The smallest absolute Gasteiger partial charge is 0.311 e. The summed E-state index contributed by atoms with van der Waals surface area (Å²) in [6, 6.07) is 8.15. The SMILES string of the molecule is CCSc1ccc(C(NC)C2(C(=O)O)CC2)cc1. The van der Waals surface area contributed by atoms with Crippen LogP contribution in [0.4, 0.5) is 0 Å². The van der Waals surface area contributed by atoms with E-state index in [0.717, 1.165) is 24.2 Å². The zero-order valence-corrected chi connectivity index (χ0v) is 11.6. The van der Waals surface area contributed by atoms with Crippen LogP contribution >= 0.6 is 11.8 Å². The van der Waals surface area contributed by atoms with Gasteiger partial charge in [-0.2, -0.15) is 0 Å². The van der Waals surface area contributed by atoms with Gasteiger partial charge in [0, 0.05) is 10.9 Å². The van der Waals surface area contributed by atoms with Gasteiger partial charge in [-0.1, -0.05) is 19.1 Å². The van der Waals surface area contributed by atoms with Crippen molar-refractivity contribution < 1.29 is 9.90 Å². The fraction of sp³-hybridized carbons (Fsp3) is 0.500. The molecule has 0 saturated heterocycles. The Morgan fingerprint density at radius 3 is 2.44 bits per heavy atom. The highest BCUT2D eigenvalue weighted by molar-refractivity contribution is 7.99. The molecular formula is C14H19NO2S. The third-order valence-corrected chi connectivity index (χ3v) is 4.47. The van der Waals surface area contributed by atoms with E-state index < -0.39 is 11.4 Å². The summed E-state index contributed by atoms with van der Waals surface area (Å²) in [4.78, 5) is 12.6. The summed E-state index contributed by atoms with van der Waals surface area (Å²) >= 11 is 1.80. The maximum absolute atomic E-state index is 11.4. The molecular weight excluding hydrogens is 246 g/mol. The average Bonchev–Trinajstić information content (AvgIpc) is 3.14. The maximum Gasteiger partial charge on any atom is 0.311 e. The number of benzene rings is 1. The minimum atomic E-state index is -0.686. The van der Waals surface area contributed by atoms with E-state index in [-0.39, 0.29) is 6.04 Å². The number of thioether (sulfide) groups is 1. The molecule has 0 heterocycles. The van der Waals surface area contributed by atoms with E-state index >= 15 is 0 Å². The van der Waals surface area contributed by atoms with Gasteiger partial charge in [0.05, 0.1) is 5.41 Å². The molecule has 2 rings (SSSR count). The molecule has 0 radical (unpaired) electrons. The van der Waals surface area contributed by atoms with Crippen molar-refractivity contribution in [1.29, 1.82) is 0 Å². The highest BCUT2D eigenvalue weighted by Gasteiger charge is 2.56. The second kappa shape index (κ2) is 5.33. The lowest BCUT2D eigenvalue weighted by molar-refractivity contribution is -0.144. The van der Waals surface area contributed by atoms with Crippen LogP contribution in [0.3, 0.4) is 0 Å². The molecule has 98 valence electrons. The third-order valence-electron chi connectivity index (χ3n) is 3.58. The van der Waals surface area contributed by atoms with Crippen molar-refractivity contribution >= 4 is 17.7 Å². The van der Waals surface area contributed by atoms with E-state index in [4.69, 9.17) is 0 Å². The number of hydrogen-bond donors (Lipinski definition) is 2. The molecule has 1 atom stereocenters. The van der Waals surface area contributed by atoms with Crippen LogP contribution in [0, 0.1) is 5.41 Å². The van der Waals surface area contributed by atoms with Gasteiger partial charge in [0.1, 0.15) is 0 Å².